The third-order valence-corrected chi connectivity index (χ3v) is 2.55. The maximum absolute atomic E-state index is 11.3. The number of hydrogen-bond donors (Lipinski definition) is 0. The van der Waals surface area contributed by atoms with E-state index in [0.717, 1.165) is 3.57 Å². The lowest BCUT2D eigenvalue weighted by Gasteiger charge is -2.01. The second-order valence-electron chi connectivity index (χ2n) is 2.40. The van der Waals surface area contributed by atoms with Crippen LogP contribution in [-0.4, -0.2) is 5.78 Å². The van der Waals surface area contributed by atoms with Gasteiger partial charge in [-0.05, 0) is 40.8 Å². The quantitative estimate of drug-likeness (QED) is 0.602. The van der Waals surface area contributed by atoms with Crippen molar-refractivity contribution in [3.05, 3.63) is 32.4 Å². The lowest BCUT2D eigenvalue weighted by atomic mass is 10.1. The van der Waals surface area contributed by atoms with Crippen LogP contribution in [0.4, 0.5) is 0 Å². The highest BCUT2D eigenvalue weighted by molar-refractivity contribution is 14.1. The fourth-order valence-corrected chi connectivity index (χ4v) is 1.62. The molecule has 1 aromatic rings. The molecule has 0 aromatic heterocycles. The average Bonchev–Trinajstić information content (AvgIpc) is 2.08. The van der Waals surface area contributed by atoms with Gasteiger partial charge in [-0.1, -0.05) is 18.5 Å². The van der Waals surface area contributed by atoms with Gasteiger partial charge in [0.1, 0.15) is 0 Å². The summed E-state index contributed by atoms with van der Waals surface area (Å²) in [5.74, 6) is 0.0958. The first-order valence-corrected chi connectivity index (χ1v) is 5.09. The van der Waals surface area contributed by atoms with Crippen LogP contribution in [0, 0.1) is 3.57 Å². The summed E-state index contributed by atoms with van der Waals surface area (Å²) in [5, 5.41) is 0.544. The van der Waals surface area contributed by atoms with E-state index < -0.39 is 0 Å². The SMILES string of the molecule is CCC(=O)c1cc(I)ccc1Cl. The van der Waals surface area contributed by atoms with E-state index in [2.05, 4.69) is 22.6 Å². The van der Waals surface area contributed by atoms with E-state index in [4.69, 9.17) is 11.6 Å². The first-order chi connectivity index (χ1) is 5.65. The van der Waals surface area contributed by atoms with Gasteiger partial charge in [-0.2, -0.15) is 0 Å². The topological polar surface area (TPSA) is 17.1 Å². The predicted octanol–water partition coefficient (Wildman–Crippen LogP) is 3.54. The molecule has 1 aromatic carbocycles. The molecule has 0 aliphatic heterocycles. The number of ketones is 1. The van der Waals surface area contributed by atoms with E-state index in [1.165, 1.54) is 0 Å². The van der Waals surface area contributed by atoms with E-state index in [0.29, 0.717) is 17.0 Å². The van der Waals surface area contributed by atoms with Gasteiger partial charge in [-0.25, -0.2) is 0 Å². The highest BCUT2D eigenvalue weighted by atomic mass is 127. The van der Waals surface area contributed by atoms with Crippen LogP contribution in [0.15, 0.2) is 18.2 Å². The number of carbonyl (C=O) groups excluding carboxylic acids is 1. The van der Waals surface area contributed by atoms with Crippen molar-refractivity contribution < 1.29 is 4.79 Å². The van der Waals surface area contributed by atoms with Crippen molar-refractivity contribution in [2.45, 2.75) is 13.3 Å². The van der Waals surface area contributed by atoms with Crippen molar-refractivity contribution >= 4 is 40.0 Å². The lowest BCUT2D eigenvalue weighted by Crippen LogP contribution is -1.97. The molecule has 12 heavy (non-hydrogen) atoms. The molecule has 64 valence electrons. The molecule has 0 amide bonds. The molecule has 1 rings (SSSR count). The molecule has 0 atom stereocenters. The Morgan fingerprint density at radius 1 is 1.58 bits per heavy atom. The van der Waals surface area contributed by atoms with Gasteiger partial charge in [0.2, 0.25) is 0 Å². The van der Waals surface area contributed by atoms with Gasteiger partial charge in [-0.3, -0.25) is 4.79 Å². The van der Waals surface area contributed by atoms with Gasteiger partial charge < -0.3 is 0 Å². The van der Waals surface area contributed by atoms with Crippen LogP contribution in [0.1, 0.15) is 23.7 Å². The molecule has 0 saturated heterocycles. The van der Waals surface area contributed by atoms with Crippen molar-refractivity contribution in [3.63, 3.8) is 0 Å². The monoisotopic (exact) mass is 294 g/mol. The molecule has 3 heteroatoms. The Kier molecular flexibility index (Phi) is 3.53. The Bertz CT molecular complexity index is 309. The van der Waals surface area contributed by atoms with Crippen LogP contribution >= 0.6 is 34.2 Å². The maximum Gasteiger partial charge on any atom is 0.164 e. The molecule has 0 unspecified atom stereocenters. The summed E-state index contributed by atoms with van der Waals surface area (Å²) >= 11 is 8.01. The molecule has 0 aliphatic carbocycles. The fourth-order valence-electron chi connectivity index (χ4n) is 0.902. The number of benzene rings is 1. The minimum absolute atomic E-state index is 0.0958. The van der Waals surface area contributed by atoms with Crippen LogP contribution in [0.2, 0.25) is 5.02 Å². The van der Waals surface area contributed by atoms with Crippen molar-refractivity contribution in [2.24, 2.45) is 0 Å². The van der Waals surface area contributed by atoms with Crippen LogP contribution in [0.5, 0.6) is 0 Å². The number of carbonyl (C=O) groups is 1. The summed E-state index contributed by atoms with van der Waals surface area (Å²) in [6.07, 6.45) is 0.500. The van der Waals surface area contributed by atoms with E-state index in [1.54, 1.807) is 6.07 Å². The van der Waals surface area contributed by atoms with Crippen molar-refractivity contribution in [3.8, 4) is 0 Å². The van der Waals surface area contributed by atoms with Crippen LogP contribution in [0.25, 0.3) is 0 Å². The molecule has 0 aliphatic rings. The van der Waals surface area contributed by atoms with Crippen molar-refractivity contribution in [1.29, 1.82) is 0 Å². The van der Waals surface area contributed by atoms with Gasteiger partial charge in [0.05, 0.1) is 5.02 Å². The number of hydrogen-bond acceptors (Lipinski definition) is 1. The first-order valence-electron chi connectivity index (χ1n) is 3.63. The van der Waals surface area contributed by atoms with Crippen LogP contribution in [-0.2, 0) is 0 Å². The van der Waals surface area contributed by atoms with Gasteiger partial charge in [0.25, 0.3) is 0 Å². The molecule has 1 nitrogen and oxygen atoms in total. The molecule has 0 bridgehead atoms. The maximum atomic E-state index is 11.3. The fraction of sp³-hybridized carbons (Fsp3) is 0.222. The number of halogens is 2. The molecule has 0 fully saturated rings. The summed E-state index contributed by atoms with van der Waals surface area (Å²) in [6.45, 7) is 1.83. The third-order valence-electron chi connectivity index (χ3n) is 1.55. The van der Waals surface area contributed by atoms with E-state index in [-0.39, 0.29) is 5.78 Å². The second kappa shape index (κ2) is 4.23. The van der Waals surface area contributed by atoms with Gasteiger partial charge in [-0.15, -0.1) is 0 Å². The minimum Gasteiger partial charge on any atom is -0.294 e. The van der Waals surface area contributed by atoms with Gasteiger partial charge in [0.15, 0.2) is 5.78 Å². The Labute approximate surface area is 90.3 Å². The number of Topliss-reactive ketones (excluding diaryl/α,β-unsaturated/α-hetero) is 1. The van der Waals surface area contributed by atoms with Crippen molar-refractivity contribution in [1.82, 2.24) is 0 Å². The van der Waals surface area contributed by atoms with Gasteiger partial charge >= 0.3 is 0 Å². The van der Waals surface area contributed by atoms with Gasteiger partial charge in [0, 0.05) is 15.6 Å². The highest BCUT2D eigenvalue weighted by Crippen LogP contribution is 2.19. The average molecular weight is 295 g/mol. The largest absolute Gasteiger partial charge is 0.294 e. The minimum atomic E-state index is 0.0958. The summed E-state index contributed by atoms with van der Waals surface area (Å²) in [7, 11) is 0. The van der Waals surface area contributed by atoms with Crippen LogP contribution < -0.4 is 0 Å². The Hall–Kier alpha value is -0.0900. The van der Waals surface area contributed by atoms with E-state index in [9.17, 15) is 4.79 Å². The summed E-state index contributed by atoms with van der Waals surface area (Å²) < 4.78 is 1.04. The molecule has 0 radical (unpaired) electrons. The summed E-state index contributed by atoms with van der Waals surface area (Å²) in [6, 6.07) is 5.45. The molecule has 0 spiro atoms. The summed E-state index contributed by atoms with van der Waals surface area (Å²) in [5.41, 5.74) is 0.631. The lowest BCUT2D eigenvalue weighted by molar-refractivity contribution is 0.0988. The molecular weight excluding hydrogens is 286 g/mol. The zero-order valence-corrected chi connectivity index (χ0v) is 9.52. The Balaban J connectivity index is 3.13. The van der Waals surface area contributed by atoms with Crippen molar-refractivity contribution in [2.75, 3.05) is 0 Å². The highest BCUT2D eigenvalue weighted by Gasteiger charge is 2.07. The molecule has 0 saturated carbocycles. The van der Waals surface area contributed by atoms with E-state index in [1.807, 2.05) is 19.1 Å². The Morgan fingerprint density at radius 2 is 2.25 bits per heavy atom. The zero-order valence-electron chi connectivity index (χ0n) is 6.60. The smallest absolute Gasteiger partial charge is 0.164 e. The first kappa shape index (κ1) is 9.99. The van der Waals surface area contributed by atoms with Crippen LogP contribution in [0.3, 0.4) is 0 Å². The normalized spacial score (nSPS) is 9.92. The molecule has 0 N–H and O–H groups in total. The predicted molar refractivity (Wildman–Crippen MR) is 58.8 cm³/mol. The standard InChI is InChI=1S/C9H8ClIO/c1-2-9(12)7-5-6(11)3-4-8(7)10/h3-5H,2H2,1H3. The Morgan fingerprint density at radius 3 is 2.83 bits per heavy atom. The summed E-state index contributed by atoms with van der Waals surface area (Å²) in [4.78, 5) is 11.3. The third kappa shape index (κ3) is 2.20. The second-order valence-corrected chi connectivity index (χ2v) is 4.05. The number of rotatable bonds is 2. The zero-order chi connectivity index (χ0) is 9.14. The molecular formula is C9H8ClIO. The van der Waals surface area contributed by atoms with E-state index >= 15 is 0 Å². The molecule has 0 heterocycles.